The van der Waals surface area contributed by atoms with Crippen LogP contribution in [-0.4, -0.2) is 63.6 Å². The second kappa shape index (κ2) is 9.03. The molecule has 0 radical (unpaired) electrons. The lowest BCUT2D eigenvalue weighted by Gasteiger charge is -2.26. The zero-order chi connectivity index (χ0) is 22.9. The van der Waals surface area contributed by atoms with Crippen LogP contribution in [0.15, 0.2) is 47.5 Å². The molecule has 0 saturated carbocycles. The van der Waals surface area contributed by atoms with Gasteiger partial charge in [-0.3, -0.25) is 4.79 Å². The van der Waals surface area contributed by atoms with E-state index in [-0.39, 0.29) is 35.1 Å². The lowest BCUT2D eigenvalue weighted by Crippen LogP contribution is -2.38. The Morgan fingerprint density at radius 1 is 1.03 bits per heavy atom. The standard InChI is InChI=1S/C22H24N2O6S2/c1-28-15-6-4-14(5-7-15)10-21(25)23-22-24(18-12-32(26,27)13-20(18)31-22)17-9-8-16(29-2)11-19(17)30-3/h4-9,11,18,20H,10,12-13H2,1-3H3/t18-,20+/m1/s1. The number of benzene rings is 2. The van der Waals surface area contributed by atoms with E-state index in [0.717, 1.165) is 5.56 Å². The maximum Gasteiger partial charge on any atom is 0.252 e. The monoisotopic (exact) mass is 476 g/mol. The van der Waals surface area contributed by atoms with Gasteiger partial charge >= 0.3 is 0 Å². The van der Waals surface area contributed by atoms with Crippen LogP contribution >= 0.6 is 11.8 Å². The second-order valence-corrected chi connectivity index (χ2v) is 10.9. The fourth-order valence-corrected chi connectivity index (χ4v) is 7.82. The Hall–Kier alpha value is -2.72. The molecule has 0 unspecified atom stereocenters. The Morgan fingerprint density at radius 2 is 1.72 bits per heavy atom. The smallest absolute Gasteiger partial charge is 0.252 e. The van der Waals surface area contributed by atoms with Crippen molar-refractivity contribution in [3.63, 3.8) is 0 Å². The lowest BCUT2D eigenvalue weighted by atomic mass is 10.1. The van der Waals surface area contributed by atoms with Crippen molar-refractivity contribution in [2.75, 3.05) is 37.7 Å². The maximum absolute atomic E-state index is 12.8. The first-order valence-corrected chi connectivity index (χ1v) is 12.7. The molecule has 2 saturated heterocycles. The number of aliphatic imine (C=N–C) groups is 1. The van der Waals surface area contributed by atoms with Crippen molar-refractivity contribution in [1.29, 1.82) is 0 Å². The van der Waals surface area contributed by atoms with E-state index in [1.807, 2.05) is 17.0 Å². The van der Waals surface area contributed by atoms with Gasteiger partial charge in [0.2, 0.25) is 0 Å². The number of sulfone groups is 1. The average molecular weight is 477 g/mol. The van der Waals surface area contributed by atoms with E-state index in [1.54, 1.807) is 44.6 Å². The van der Waals surface area contributed by atoms with Gasteiger partial charge in [-0.05, 0) is 29.8 Å². The number of rotatable bonds is 6. The van der Waals surface area contributed by atoms with Crippen molar-refractivity contribution in [2.24, 2.45) is 4.99 Å². The molecule has 2 aromatic rings. The molecule has 2 atom stereocenters. The number of amidine groups is 1. The molecule has 8 nitrogen and oxygen atoms in total. The van der Waals surface area contributed by atoms with Crippen molar-refractivity contribution in [1.82, 2.24) is 0 Å². The predicted octanol–water partition coefficient (Wildman–Crippen LogP) is 2.56. The molecule has 2 heterocycles. The molecule has 2 aliphatic rings. The highest BCUT2D eigenvalue weighted by Crippen LogP contribution is 2.44. The quantitative estimate of drug-likeness (QED) is 0.628. The number of amides is 1. The summed E-state index contributed by atoms with van der Waals surface area (Å²) < 4.78 is 40.5. The summed E-state index contributed by atoms with van der Waals surface area (Å²) in [5.74, 6) is 1.60. The summed E-state index contributed by atoms with van der Waals surface area (Å²) in [5, 5.41) is 0.288. The highest BCUT2D eigenvalue weighted by Gasteiger charge is 2.50. The van der Waals surface area contributed by atoms with Crippen molar-refractivity contribution in [2.45, 2.75) is 17.7 Å². The number of ether oxygens (including phenoxy) is 3. The number of methoxy groups -OCH3 is 3. The van der Waals surface area contributed by atoms with Gasteiger partial charge in [0.15, 0.2) is 15.0 Å². The first-order chi connectivity index (χ1) is 15.3. The molecule has 0 N–H and O–H groups in total. The number of nitrogens with zero attached hydrogens (tertiary/aromatic N) is 2. The highest BCUT2D eigenvalue weighted by molar-refractivity contribution is 8.16. The molecule has 0 spiro atoms. The number of carbonyl (C=O) groups excluding carboxylic acids is 1. The highest BCUT2D eigenvalue weighted by atomic mass is 32.2. The van der Waals surface area contributed by atoms with E-state index in [1.165, 1.54) is 18.9 Å². The summed E-state index contributed by atoms with van der Waals surface area (Å²) >= 11 is 1.33. The zero-order valence-corrected chi connectivity index (χ0v) is 19.6. The van der Waals surface area contributed by atoms with Crippen LogP contribution in [0.5, 0.6) is 17.2 Å². The molecule has 2 aliphatic heterocycles. The Morgan fingerprint density at radius 3 is 2.38 bits per heavy atom. The van der Waals surface area contributed by atoms with Gasteiger partial charge in [0.25, 0.3) is 5.91 Å². The van der Waals surface area contributed by atoms with E-state index in [2.05, 4.69) is 4.99 Å². The molecule has 0 aliphatic carbocycles. The van der Waals surface area contributed by atoms with Crippen molar-refractivity contribution in [3.05, 3.63) is 48.0 Å². The van der Waals surface area contributed by atoms with Gasteiger partial charge in [-0.1, -0.05) is 23.9 Å². The molecule has 0 aromatic heterocycles. The number of fused-ring (bicyclic) bond motifs is 1. The summed E-state index contributed by atoms with van der Waals surface area (Å²) in [7, 11) is 1.52. The minimum absolute atomic E-state index is 0.00550. The number of thioether (sulfide) groups is 1. The fourth-order valence-electron chi connectivity index (χ4n) is 3.89. The number of hydrogen-bond donors (Lipinski definition) is 0. The largest absolute Gasteiger partial charge is 0.497 e. The predicted molar refractivity (Wildman–Crippen MR) is 125 cm³/mol. The molecule has 170 valence electrons. The van der Waals surface area contributed by atoms with E-state index in [4.69, 9.17) is 14.2 Å². The maximum atomic E-state index is 12.8. The summed E-state index contributed by atoms with van der Waals surface area (Å²) in [6.07, 6.45) is 0.134. The summed E-state index contributed by atoms with van der Waals surface area (Å²) in [5.41, 5.74) is 1.47. The van der Waals surface area contributed by atoms with Crippen LogP contribution in [0.1, 0.15) is 5.56 Å². The first kappa shape index (κ1) is 22.5. The SMILES string of the molecule is COc1ccc(CC(=O)N=C2S[C@H]3CS(=O)(=O)C[C@H]3N2c2ccc(OC)cc2OC)cc1. The average Bonchev–Trinajstić information content (AvgIpc) is 3.24. The van der Waals surface area contributed by atoms with Gasteiger partial charge in [0.05, 0.1) is 51.0 Å². The van der Waals surface area contributed by atoms with Gasteiger partial charge in [-0.15, -0.1) is 0 Å². The molecular weight excluding hydrogens is 452 g/mol. The first-order valence-electron chi connectivity index (χ1n) is 9.96. The normalized spacial score (nSPS) is 22.6. The van der Waals surface area contributed by atoms with Crippen LogP contribution in [0, 0.1) is 0 Å². The molecular formula is C22H24N2O6S2. The number of hydrogen-bond acceptors (Lipinski definition) is 7. The summed E-state index contributed by atoms with van der Waals surface area (Å²) in [6.45, 7) is 0. The Balaban J connectivity index is 1.66. The minimum atomic E-state index is -3.17. The van der Waals surface area contributed by atoms with E-state index >= 15 is 0 Å². The van der Waals surface area contributed by atoms with Crippen molar-refractivity contribution in [3.8, 4) is 17.2 Å². The lowest BCUT2D eigenvalue weighted by molar-refractivity contribution is -0.117. The van der Waals surface area contributed by atoms with Crippen LogP contribution in [0.2, 0.25) is 0 Å². The third-order valence-electron chi connectivity index (χ3n) is 5.45. The Bertz CT molecular complexity index is 1150. The summed E-state index contributed by atoms with van der Waals surface area (Å²) in [6, 6.07) is 12.2. The summed E-state index contributed by atoms with van der Waals surface area (Å²) in [4.78, 5) is 19.0. The van der Waals surface area contributed by atoms with Crippen LogP contribution < -0.4 is 19.1 Å². The molecule has 1 amide bonds. The van der Waals surface area contributed by atoms with E-state index < -0.39 is 9.84 Å². The Labute approximate surface area is 191 Å². The number of anilines is 1. The van der Waals surface area contributed by atoms with Gasteiger partial charge in [0.1, 0.15) is 17.2 Å². The molecule has 32 heavy (non-hydrogen) atoms. The van der Waals surface area contributed by atoms with Gasteiger partial charge < -0.3 is 19.1 Å². The molecule has 2 aromatic carbocycles. The molecule has 2 fully saturated rings. The van der Waals surface area contributed by atoms with Crippen LogP contribution in [-0.2, 0) is 21.1 Å². The van der Waals surface area contributed by atoms with Gasteiger partial charge in [-0.2, -0.15) is 4.99 Å². The van der Waals surface area contributed by atoms with Gasteiger partial charge in [-0.25, -0.2) is 8.42 Å². The van der Waals surface area contributed by atoms with Crippen LogP contribution in [0.3, 0.4) is 0 Å². The third kappa shape index (κ3) is 4.56. The number of carbonyl (C=O) groups is 1. The molecule has 0 bridgehead atoms. The second-order valence-electron chi connectivity index (χ2n) is 7.52. The minimum Gasteiger partial charge on any atom is -0.497 e. The van der Waals surface area contributed by atoms with E-state index in [0.29, 0.717) is 28.1 Å². The zero-order valence-electron chi connectivity index (χ0n) is 18.0. The molecule has 10 heteroatoms. The third-order valence-corrected chi connectivity index (χ3v) is 8.66. The van der Waals surface area contributed by atoms with Crippen LogP contribution in [0.25, 0.3) is 0 Å². The molecule has 4 rings (SSSR count). The fraction of sp³-hybridized carbons (Fsp3) is 0.364. The Kier molecular flexibility index (Phi) is 6.34. The van der Waals surface area contributed by atoms with Crippen molar-refractivity contribution < 1.29 is 27.4 Å². The van der Waals surface area contributed by atoms with Crippen LogP contribution in [0.4, 0.5) is 5.69 Å². The van der Waals surface area contributed by atoms with Crippen molar-refractivity contribution >= 4 is 38.4 Å². The van der Waals surface area contributed by atoms with E-state index in [9.17, 15) is 13.2 Å². The van der Waals surface area contributed by atoms with Gasteiger partial charge in [0, 0.05) is 11.3 Å². The topological polar surface area (TPSA) is 94.5 Å².